The van der Waals surface area contributed by atoms with Gasteiger partial charge in [-0.25, -0.2) is 18.7 Å². The summed E-state index contributed by atoms with van der Waals surface area (Å²) in [5, 5.41) is 1.05. The van der Waals surface area contributed by atoms with E-state index in [-0.39, 0.29) is 28.6 Å². The van der Waals surface area contributed by atoms with Crippen LogP contribution < -0.4 is 4.74 Å². The molecule has 1 aromatic carbocycles. The first-order valence-electron chi connectivity index (χ1n) is 10.1. The van der Waals surface area contributed by atoms with Crippen molar-refractivity contribution < 1.29 is 18.3 Å². The van der Waals surface area contributed by atoms with Gasteiger partial charge in [0.05, 0.1) is 11.6 Å². The van der Waals surface area contributed by atoms with Gasteiger partial charge in [-0.1, -0.05) is 30.3 Å². The van der Waals surface area contributed by atoms with Gasteiger partial charge in [-0.3, -0.25) is 4.57 Å². The molecule has 10 heteroatoms. The third kappa shape index (κ3) is 4.92. The number of aromatic nitrogens is 3. The van der Waals surface area contributed by atoms with E-state index in [1.165, 1.54) is 12.1 Å². The maximum Gasteiger partial charge on any atom is 0.207 e. The number of fused-ring (bicyclic) bond motifs is 1. The number of hydrogen-bond donors (Lipinski definition) is 0. The smallest absolute Gasteiger partial charge is 0.207 e. The number of thioether (sulfide) groups is 1. The third-order valence-corrected chi connectivity index (χ3v) is 6.61. The standard InChI is InChI=1S/C21H21Cl2F2N3O2S/c1-2-6-29-12-8-15(24)13(16(25)9-12)11-31-20-14(22)10-17-19(27-20)28(21(23)26-17)18-5-3-4-7-30-18/h8-10,18H,2-7,11H2,1H3. The monoisotopic (exact) mass is 487 g/mol. The molecule has 31 heavy (non-hydrogen) atoms. The molecule has 1 aliphatic rings. The molecule has 1 atom stereocenters. The van der Waals surface area contributed by atoms with E-state index in [9.17, 15) is 8.78 Å². The Bertz CT molecular complexity index is 1070. The molecule has 3 aromatic rings. The fraction of sp³-hybridized carbons (Fsp3) is 0.429. The second kappa shape index (κ2) is 9.90. The number of imidazole rings is 1. The van der Waals surface area contributed by atoms with Crippen LogP contribution in [0.4, 0.5) is 8.78 Å². The molecule has 0 amide bonds. The van der Waals surface area contributed by atoms with Crippen molar-refractivity contribution in [2.45, 2.75) is 49.6 Å². The lowest BCUT2D eigenvalue weighted by Gasteiger charge is -2.24. The average Bonchev–Trinajstić information content (AvgIpc) is 3.06. The van der Waals surface area contributed by atoms with Gasteiger partial charge in [0.2, 0.25) is 5.28 Å². The third-order valence-electron chi connectivity index (χ3n) is 4.93. The first-order valence-corrected chi connectivity index (χ1v) is 11.8. The molecular weight excluding hydrogens is 467 g/mol. The molecular formula is C21H21Cl2F2N3O2S. The normalized spacial score (nSPS) is 16.7. The van der Waals surface area contributed by atoms with E-state index in [4.69, 9.17) is 32.7 Å². The van der Waals surface area contributed by atoms with Crippen molar-refractivity contribution in [3.63, 3.8) is 0 Å². The predicted molar refractivity (Wildman–Crippen MR) is 118 cm³/mol. The van der Waals surface area contributed by atoms with E-state index in [1.807, 2.05) is 6.92 Å². The Labute approximate surface area is 193 Å². The molecule has 4 rings (SSSR count). The quantitative estimate of drug-likeness (QED) is 0.343. The van der Waals surface area contributed by atoms with Crippen LogP contribution in [0.5, 0.6) is 5.75 Å². The Hall–Kier alpha value is -1.61. The van der Waals surface area contributed by atoms with Crippen LogP contribution in [-0.4, -0.2) is 27.7 Å². The first-order chi connectivity index (χ1) is 15.0. The van der Waals surface area contributed by atoms with Crippen LogP contribution in [0.15, 0.2) is 23.2 Å². The van der Waals surface area contributed by atoms with E-state index in [1.54, 1.807) is 10.6 Å². The summed E-state index contributed by atoms with van der Waals surface area (Å²) >= 11 is 13.8. The summed E-state index contributed by atoms with van der Waals surface area (Å²) in [7, 11) is 0. The molecule has 5 nitrogen and oxygen atoms in total. The van der Waals surface area contributed by atoms with Gasteiger partial charge in [0, 0.05) is 30.1 Å². The van der Waals surface area contributed by atoms with Gasteiger partial charge in [-0.2, -0.15) is 0 Å². The Morgan fingerprint density at radius 3 is 2.65 bits per heavy atom. The maximum atomic E-state index is 14.5. The van der Waals surface area contributed by atoms with Gasteiger partial charge in [0.25, 0.3) is 0 Å². The second-order valence-electron chi connectivity index (χ2n) is 7.19. The highest BCUT2D eigenvalue weighted by Crippen LogP contribution is 2.36. The van der Waals surface area contributed by atoms with Gasteiger partial charge < -0.3 is 9.47 Å². The number of benzene rings is 1. The van der Waals surface area contributed by atoms with Crippen LogP contribution in [0.1, 0.15) is 44.4 Å². The van der Waals surface area contributed by atoms with Gasteiger partial charge in [0.1, 0.15) is 34.2 Å². The van der Waals surface area contributed by atoms with Crippen molar-refractivity contribution in [2.24, 2.45) is 0 Å². The topological polar surface area (TPSA) is 49.2 Å². The molecule has 0 saturated carbocycles. The molecule has 0 bridgehead atoms. The summed E-state index contributed by atoms with van der Waals surface area (Å²) < 4.78 is 41.8. The number of pyridine rings is 1. The molecule has 1 aliphatic heterocycles. The summed E-state index contributed by atoms with van der Waals surface area (Å²) in [4.78, 5) is 8.93. The Morgan fingerprint density at radius 2 is 1.97 bits per heavy atom. The van der Waals surface area contributed by atoms with E-state index in [2.05, 4.69) is 9.97 Å². The van der Waals surface area contributed by atoms with Crippen molar-refractivity contribution in [2.75, 3.05) is 13.2 Å². The number of hydrogen-bond acceptors (Lipinski definition) is 5. The van der Waals surface area contributed by atoms with Crippen molar-refractivity contribution in [3.8, 4) is 5.75 Å². The minimum atomic E-state index is -0.667. The fourth-order valence-corrected chi connectivity index (χ4v) is 4.89. The highest BCUT2D eigenvalue weighted by Gasteiger charge is 2.23. The highest BCUT2D eigenvalue weighted by molar-refractivity contribution is 7.98. The second-order valence-corrected chi connectivity index (χ2v) is 8.90. The van der Waals surface area contributed by atoms with E-state index >= 15 is 0 Å². The van der Waals surface area contributed by atoms with E-state index < -0.39 is 11.6 Å². The Morgan fingerprint density at radius 1 is 1.19 bits per heavy atom. The van der Waals surface area contributed by atoms with E-state index in [0.29, 0.717) is 34.4 Å². The first kappa shape index (κ1) is 22.6. The zero-order chi connectivity index (χ0) is 22.0. The summed E-state index contributed by atoms with van der Waals surface area (Å²) in [6.07, 6.45) is 3.33. The van der Waals surface area contributed by atoms with Crippen LogP contribution in [0.2, 0.25) is 10.3 Å². The summed E-state index contributed by atoms with van der Waals surface area (Å²) in [5.41, 5.74) is 1.02. The van der Waals surface area contributed by atoms with E-state index in [0.717, 1.165) is 37.4 Å². The van der Waals surface area contributed by atoms with Crippen LogP contribution in [0.3, 0.4) is 0 Å². The number of halogens is 4. The fourth-order valence-electron chi connectivity index (χ4n) is 3.40. The summed E-state index contributed by atoms with van der Waals surface area (Å²) in [6, 6.07) is 4.05. The maximum absolute atomic E-state index is 14.5. The lowest BCUT2D eigenvalue weighted by atomic mass is 10.2. The van der Waals surface area contributed by atoms with Gasteiger partial charge in [0.15, 0.2) is 5.65 Å². The minimum absolute atomic E-state index is 0.0196. The summed E-state index contributed by atoms with van der Waals surface area (Å²) in [5.74, 6) is -1.14. The molecule has 0 aliphatic carbocycles. The SMILES string of the molecule is CCCOc1cc(F)c(CSc2nc3c(cc2Cl)nc(Cl)n3C2CCCCO2)c(F)c1. The number of rotatable bonds is 7. The van der Waals surface area contributed by atoms with Crippen molar-refractivity contribution in [1.82, 2.24) is 14.5 Å². The molecule has 0 N–H and O–H groups in total. The largest absolute Gasteiger partial charge is 0.493 e. The van der Waals surface area contributed by atoms with Gasteiger partial charge >= 0.3 is 0 Å². The molecule has 0 spiro atoms. The molecule has 3 heterocycles. The molecule has 1 saturated heterocycles. The number of nitrogens with zero attached hydrogens (tertiary/aromatic N) is 3. The van der Waals surface area contributed by atoms with Crippen molar-refractivity contribution >= 4 is 46.1 Å². The molecule has 1 unspecified atom stereocenters. The highest BCUT2D eigenvalue weighted by atomic mass is 35.5. The number of ether oxygens (including phenoxy) is 2. The van der Waals surface area contributed by atoms with Crippen LogP contribution in [0.25, 0.3) is 11.2 Å². The predicted octanol–water partition coefficient (Wildman–Crippen LogP) is 6.80. The molecule has 2 aromatic heterocycles. The molecule has 1 fully saturated rings. The van der Waals surface area contributed by atoms with Crippen molar-refractivity contribution in [3.05, 3.63) is 45.7 Å². The Kier molecular flexibility index (Phi) is 7.21. The molecule has 166 valence electrons. The van der Waals surface area contributed by atoms with Crippen LogP contribution >= 0.6 is 35.0 Å². The van der Waals surface area contributed by atoms with Crippen LogP contribution in [0, 0.1) is 11.6 Å². The molecule has 0 radical (unpaired) electrons. The zero-order valence-corrected chi connectivity index (χ0v) is 19.2. The Balaban J connectivity index is 1.59. The lowest BCUT2D eigenvalue weighted by Crippen LogP contribution is -2.18. The average molecular weight is 488 g/mol. The zero-order valence-electron chi connectivity index (χ0n) is 16.8. The lowest BCUT2D eigenvalue weighted by molar-refractivity contribution is -0.0296. The van der Waals surface area contributed by atoms with Gasteiger partial charge in [-0.15, -0.1) is 0 Å². The van der Waals surface area contributed by atoms with Crippen LogP contribution in [-0.2, 0) is 10.5 Å². The summed E-state index contributed by atoms with van der Waals surface area (Å²) in [6.45, 7) is 2.96. The van der Waals surface area contributed by atoms with Crippen molar-refractivity contribution in [1.29, 1.82) is 0 Å². The minimum Gasteiger partial charge on any atom is -0.493 e. The van der Waals surface area contributed by atoms with Gasteiger partial charge in [-0.05, 0) is 43.4 Å².